The van der Waals surface area contributed by atoms with Crippen LogP contribution in [0.5, 0.6) is 0 Å². The molecular formula is C19H20F2N2O2. The molecule has 3 rings (SSSR count). The molecule has 2 atom stereocenters. The van der Waals surface area contributed by atoms with Crippen molar-refractivity contribution in [3.63, 3.8) is 0 Å². The van der Waals surface area contributed by atoms with E-state index in [0.29, 0.717) is 25.3 Å². The van der Waals surface area contributed by atoms with Crippen LogP contribution in [0.15, 0.2) is 48.5 Å². The number of benzene rings is 2. The van der Waals surface area contributed by atoms with Gasteiger partial charge in [-0.05, 0) is 23.3 Å². The molecule has 1 fully saturated rings. The molecule has 25 heavy (non-hydrogen) atoms. The second-order valence-corrected chi connectivity index (χ2v) is 6.09. The number of ether oxygens (including phenoxy) is 1. The largest absolute Gasteiger partial charge is 0.370 e. The third kappa shape index (κ3) is 4.21. The first kappa shape index (κ1) is 17.5. The summed E-state index contributed by atoms with van der Waals surface area (Å²) in [6.07, 6.45) is -0.283. The van der Waals surface area contributed by atoms with Gasteiger partial charge in [-0.2, -0.15) is 0 Å². The molecule has 2 unspecified atom stereocenters. The number of carbonyl (C=O) groups excluding carboxylic acids is 1. The maximum Gasteiger partial charge on any atom is 0.224 e. The van der Waals surface area contributed by atoms with Crippen molar-refractivity contribution in [3.05, 3.63) is 71.3 Å². The van der Waals surface area contributed by atoms with Crippen LogP contribution in [0.3, 0.4) is 0 Å². The zero-order valence-corrected chi connectivity index (χ0v) is 13.7. The molecule has 132 valence electrons. The highest BCUT2D eigenvalue weighted by Crippen LogP contribution is 2.25. The van der Waals surface area contributed by atoms with E-state index in [-0.39, 0.29) is 18.4 Å². The second-order valence-electron chi connectivity index (χ2n) is 6.09. The van der Waals surface area contributed by atoms with Crippen LogP contribution < -0.4 is 5.73 Å². The average molecular weight is 346 g/mol. The van der Waals surface area contributed by atoms with Gasteiger partial charge in [0, 0.05) is 19.0 Å². The van der Waals surface area contributed by atoms with Crippen LogP contribution in [-0.4, -0.2) is 30.5 Å². The molecular weight excluding hydrogens is 326 g/mol. The number of halogens is 2. The van der Waals surface area contributed by atoms with E-state index in [1.54, 1.807) is 4.90 Å². The highest BCUT2D eigenvalue weighted by atomic mass is 19.2. The highest BCUT2D eigenvalue weighted by molar-refractivity contribution is 5.77. The number of hydrogen-bond acceptors (Lipinski definition) is 3. The molecule has 1 heterocycles. The van der Waals surface area contributed by atoms with Crippen LogP contribution in [0, 0.1) is 11.6 Å². The third-order valence-corrected chi connectivity index (χ3v) is 4.36. The van der Waals surface area contributed by atoms with Gasteiger partial charge in [-0.15, -0.1) is 0 Å². The number of nitrogens with zero attached hydrogens (tertiary/aromatic N) is 1. The van der Waals surface area contributed by atoms with Crippen molar-refractivity contribution < 1.29 is 18.3 Å². The highest BCUT2D eigenvalue weighted by Gasteiger charge is 2.27. The van der Waals surface area contributed by atoms with Gasteiger partial charge in [0.2, 0.25) is 5.91 Å². The maximum atomic E-state index is 13.4. The molecule has 1 aliphatic rings. The molecule has 0 saturated carbocycles. The van der Waals surface area contributed by atoms with Gasteiger partial charge in [-0.25, -0.2) is 8.78 Å². The Morgan fingerprint density at radius 3 is 2.68 bits per heavy atom. The van der Waals surface area contributed by atoms with E-state index < -0.39 is 17.7 Å². The first-order valence-electron chi connectivity index (χ1n) is 8.19. The van der Waals surface area contributed by atoms with E-state index in [9.17, 15) is 13.6 Å². The van der Waals surface area contributed by atoms with Crippen LogP contribution in [-0.2, 0) is 9.53 Å². The molecule has 2 aromatic rings. The molecule has 2 N–H and O–H groups in total. The molecule has 1 aliphatic heterocycles. The normalized spacial score (nSPS) is 18.8. The van der Waals surface area contributed by atoms with Crippen molar-refractivity contribution in [2.45, 2.75) is 18.6 Å². The molecule has 4 nitrogen and oxygen atoms in total. The Morgan fingerprint density at radius 1 is 1.20 bits per heavy atom. The van der Waals surface area contributed by atoms with Crippen LogP contribution in [0.25, 0.3) is 0 Å². The summed E-state index contributed by atoms with van der Waals surface area (Å²) < 4.78 is 32.1. The molecule has 0 spiro atoms. The zero-order valence-electron chi connectivity index (χ0n) is 13.7. The van der Waals surface area contributed by atoms with E-state index in [2.05, 4.69) is 0 Å². The van der Waals surface area contributed by atoms with Crippen LogP contribution in [0.4, 0.5) is 8.78 Å². The summed E-state index contributed by atoms with van der Waals surface area (Å²) in [5.41, 5.74) is 7.54. The smallest absolute Gasteiger partial charge is 0.224 e. The summed E-state index contributed by atoms with van der Waals surface area (Å²) in [7, 11) is 0. The SMILES string of the molecule is NC(CC(=O)N1CCOC(c2ccc(F)c(F)c2)C1)c1ccccc1. The summed E-state index contributed by atoms with van der Waals surface area (Å²) in [5, 5.41) is 0. The monoisotopic (exact) mass is 346 g/mol. The molecule has 0 aromatic heterocycles. The molecule has 2 aromatic carbocycles. The minimum atomic E-state index is -0.921. The predicted molar refractivity (Wildman–Crippen MR) is 89.6 cm³/mol. The fraction of sp³-hybridized carbons (Fsp3) is 0.316. The lowest BCUT2D eigenvalue weighted by atomic mass is 10.0. The summed E-state index contributed by atoms with van der Waals surface area (Å²) in [5.74, 6) is -1.90. The Morgan fingerprint density at radius 2 is 1.96 bits per heavy atom. The van der Waals surface area contributed by atoms with Crippen molar-refractivity contribution in [3.8, 4) is 0 Å². The first-order chi connectivity index (χ1) is 12.0. The maximum absolute atomic E-state index is 13.4. The lowest BCUT2D eigenvalue weighted by Crippen LogP contribution is -2.43. The van der Waals surface area contributed by atoms with Crippen molar-refractivity contribution >= 4 is 5.91 Å². The summed E-state index contributed by atoms with van der Waals surface area (Å²) in [6.45, 7) is 1.10. The zero-order chi connectivity index (χ0) is 17.8. The summed E-state index contributed by atoms with van der Waals surface area (Å²) >= 11 is 0. The number of rotatable bonds is 4. The molecule has 0 radical (unpaired) electrons. The fourth-order valence-electron chi connectivity index (χ4n) is 2.93. The standard InChI is InChI=1S/C19H20F2N2O2/c20-15-7-6-14(10-16(15)21)18-12-23(8-9-25-18)19(24)11-17(22)13-4-2-1-3-5-13/h1-7,10,17-18H,8-9,11-12,22H2. The van der Waals surface area contributed by atoms with E-state index in [4.69, 9.17) is 10.5 Å². The van der Waals surface area contributed by atoms with Crippen LogP contribution in [0.2, 0.25) is 0 Å². The minimum Gasteiger partial charge on any atom is -0.370 e. The fourth-order valence-corrected chi connectivity index (χ4v) is 2.93. The summed E-state index contributed by atoms with van der Waals surface area (Å²) in [6, 6.07) is 12.7. The van der Waals surface area contributed by atoms with E-state index in [1.165, 1.54) is 6.07 Å². The molecule has 1 amide bonds. The molecule has 0 aliphatic carbocycles. The van der Waals surface area contributed by atoms with Crippen molar-refractivity contribution in [2.75, 3.05) is 19.7 Å². The lowest BCUT2D eigenvalue weighted by molar-refractivity contribution is -0.139. The predicted octanol–water partition coefficient (Wildman–Crippen LogP) is 2.95. The third-order valence-electron chi connectivity index (χ3n) is 4.36. The van der Waals surface area contributed by atoms with E-state index in [1.807, 2.05) is 30.3 Å². The van der Waals surface area contributed by atoms with E-state index >= 15 is 0 Å². The molecule has 6 heteroatoms. The number of nitrogens with two attached hydrogens (primary N) is 1. The van der Waals surface area contributed by atoms with Gasteiger partial charge < -0.3 is 15.4 Å². The van der Waals surface area contributed by atoms with Gasteiger partial charge >= 0.3 is 0 Å². The topological polar surface area (TPSA) is 55.6 Å². The Labute approximate surface area is 145 Å². The first-order valence-corrected chi connectivity index (χ1v) is 8.19. The van der Waals surface area contributed by atoms with Crippen LogP contribution >= 0.6 is 0 Å². The quantitative estimate of drug-likeness (QED) is 0.926. The second kappa shape index (κ2) is 7.72. The van der Waals surface area contributed by atoms with Crippen molar-refractivity contribution in [1.82, 2.24) is 4.90 Å². The Bertz CT molecular complexity index is 739. The van der Waals surface area contributed by atoms with Gasteiger partial charge in [-0.1, -0.05) is 36.4 Å². The van der Waals surface area contributed by atoms with Crippen molar-refractivity contribution in [2.24, 2.45) is 5.73 Å². The summed E-state index contributed by atoms with van der Waals surface area (Å²) in [4.78, 5) is 14.2. The lowest BCUT2D eigenvalue weighted by Gasteiger charge is -2.34. The number of morpholine rings is 1. The van der Waals surface area contributed by atoms with Gasteiger partial charge in [0.25, 0.3) is 0 Å². The molecule has 0 bridgehead atoms. The average Bonchev–Trinajstić information content (AvgIpc) is 2.64. The Balaban J connectivity index is 1.64. The Kier molecular flexibility index (Phi) is 5.40. The van der Waals surface area contributed by atoms with E-state index in [0.717, 1.165) is 17.7 Å². The number of hydrogen-bond donors (Lipinski definition) is 1. The molecule has 1 saturated heterocycles. The van der Waals surface area contributed by atoms with Crippen LogP contribution in [0.1, 0.15) is 29.7 Å². The number of carbonyl (C=O) groups is 1. The number of amides is 1. The van der Waals surface area contributed by atoms with Gasteiger partial charge in [0.15, 0.2) is 11.6 Å². The minimum absolute atomic E-state index is 0.0766. The van der Waals surface area contributed by atoms with Gasteiger partial charge in [0.1, 0.15) is 6.10 Å². The van der Waals surface area contributed by atoms with Gasteiger partial charge in [-0.3, -0.25) is 4.79 Å². The van der Waals surface area contributed by atoms with Crippen molar-refractivity contribution in [1.29, 1.82) is 0 Å². The van der Waals surface area contributed by atoms with Gasteiger partial charge in [0.05, 0.1) is 13.2 Å². The Hall–Kier alpha value is -2.31.